The molecule has 1 aromatic heterocycles. The van der Waals surface area contributed by atoms with E-state index in [1.54, 1.807) is 19.1 Å². The number of carbonyl (C=O) groups is 1. The van der Waals surface area contributed by atoms with Gasteiger partial charge in [0.1, 0.15) is 16.7 Å². The fraction of sp³-hybridized carbons (Fsp3) is 0.286. The van der Waals surface area contributed by atoms with Crippen LogP contribution in [0.2, 0.25) is 0 Å². The maximum absolute atomic E-state index is 13.2. The molecule has 1 N–H and O–H groups in total. The number of aliphatic carboxylic acids is 1. The van der Waals surface area contributed by atoms with Gasteiger partial charge in [0, 0.05) is 10.4 Å². The maximum atomic E-state index is 13.2. The Bertz CT molecular complexity index is 665. The van der Waals surface area contributed by atoms with Crippen molar-refractivity contribution in [3.05, 3.63) is 40.2 Å². The number of aryl methyl sites for hydroxylation is 2. The molecule has 19 heavy (non-hydrogen) atoms. The standard InChI is InChI=1S/C14H12FNO2S/c1-7-6-8(2-4-10(7)15)13-16-12-9(14(17)18)3-5-11(12)19-13/h2,4,6,9H,3,5H2,1H3,(H,17,18). The lowest BCUT2D eigenvalue weighted by Gasteiger charge is -2.02. The van der Waals surface area contributed by atoms with Crippen LogP contribution in [0, 0.1) is 12.7 Å². The zero-order chi connectivity index (χ0) is 13.6. The number of thiazole rings is 1. The summed E-state index contributed by atoms with van der Waals surface area (Å²) in [7, 11) is 0. The number of hydrogen-bond donors (Lipinski definition) is 1. The van der Waals surface area contributed by atoms with Crippen molar-refractivity contribution < 1.29 is 14.3 Å². The maximum Gasteiger partial charge on any atom is 0.312 e. The van der Waals surface area contributed by atoms with Crippen LogP contribution in [0.5, 0.6) is 0 Å². The Morgan fingerprint density at radius 3 is 3.00 bits per heavy atom. The molecule has 3 nitrogen and oxygen atoms in total. The van der Waals surface area contributed by atoms with Crippen molar-refractivity contribution in [1.82, 2.24) is 4.98 Å². The van der Waals surface area contributed by atoms with Gasteiger partial charge in [0.15, 0.2) is 0 Å². The van der Waals surface area contributed by atoms with Crippen molar-refractivity contribution in [2.24, 2.45) is 0 Å². The Labute approximate surface area is 113 Å². The lowest BCUT2D eigenvalue weighted by atomic mass is 10.1. The van der Waals surface area contributed by atoms with Gasteiger partial charge >= 0.3 is 5.97 Å². The number of fused-ring (bicyclic) bond motifs is 1. The third-order valence-corrected chi connectivity index (χ3v) is 4.60. The summed E-state index contributed by atoms with van der Waals surface area (Å²) < 4.78 is 13.2. The second-order valence-electron chi connectivity index (χ2n) is 4.72. The highest BCUT2D eigenvalue weighted by molar-refractivity contribution is 7.15. The topological polar surface area (TPSA) is 50.2 Å². The molecule has 0 fully saturated rings. The van der Waals surface area contributed by atoms with Gasteiger partial charge in [0.25, 0.3) is 0 Å². The first-order valence-corrected chi connectivity index (χ1v) is 6.87. The summed E-state index contributed by atoms with van der Waals surface area (Å²) in [5.41, 5.74) is 2.11. The number of carboxylic acid groups (broad SMARTS) is 1. The van der Waals surface area contributed by atoms with Crippen LogP contribution in [0.3, 0.4) is 0 Å². The molecule has 0 saturated carbocycles. The number of aromatic nitrogens is 1. The predicted molar refractivity (Wildman–Crippen MR) is 70.9 cm³/mol. The summed E-state index contributed by atoms with van der Waals surface area (Å²) in [6.07, 6.45) is 1.40. The summed E-state index contributed by atoms with van der Waals surface area (Å²) in [4.78, 5) is 16.6. The Morgan fingerprint density at radius 1 is 1.53 bits per heavy atom. The summed E-state index contributed by atoms with van der Waals surface area (Å²) in [5, 5.41) is 9.91. The molecular formula is C14H12FNO2S. The molecular weight excluding hydrogens is 265 g/mol. The van der Waals surface area contributed by atoms with Crippen molar-refractivity contribution >= 4 is 17.3 Å². The van der Waals surface area contributed by atoms with Crippen molar-refractivity contribution in [2.45, 2.75) is 25.7 Å². The molecule has 1 aliphatic carbocycles. The molecule has 0 spiro atoms. The Hall–Kier alpha value is -1.75. The first-order chi connectivity index (χ1) is 9.06. The molecule has 1 aliphatic rings. The molecule has 0 saturated heterocycles. The molecule has 0 aliphatic heterocycles. The van der Waals surface area contributed by atoms with Gasteiger partial charge in [0.2, 0.25) is 0 Å². The number of rotatable bonds is 2. The van der Waals surface area contributed by atoms with Crippen LogP contribution in [-0.2, 0) is 11.2 Å². The Morgan fingerprint density at radius 2 is 2.32 bits per heavy atom. The highest BCUT2D eigenvalue weighted by Crippen LogP contribution is 2.39. The van der Waals surface area contributed by atoms with Gasteiger partial charge in [0.05, 0.1) is 5.69 Å². The molecule has 1 heterocycles. The third-order valence-electron chi connectivity index (χ3n) is 3.42. The Kier molecular flexibility index (Phi) is 2.86. The molecule has 3 rings (SSSR count). The van der Waals surface area contributed by atoms with Crippen LogP contribution in [0.15, 0.2) is 18.2 Å². The van der Waals surface area contributed by atoms with E-state index in [1.807, 2.05) is 0 Å². The van der Waals surface area contributed by atoms with Gasteiger partial charge in [-0.3, -0.25) is 4.79 Å². The second kappa shape index (κ2) is 4.42. The van der Waals surface area contributed by atoms with E-state index in [9.17, 15) is 9.18 Å². The van der Waals surface area contributed by atoms with E-state index < -0.39 is 11.9 Å². The zero-order valence-electron chi connectivity index (χ0n) is 10.3. The molecule has 1 aromatic carbocycles. The summed E-state index contributed by atoms with van der Waals surface area (Å²) in [5.74, 6) is -1.54. The van der Waals surface area contributed by atoms with Crippen LogP contribution in [0.25, 0.3) is 10.6 Å². The largest absolute Gasteiger partial charge is 0.481 e. The van der Waals surface area contributed by atoms with Gasteiger partial charge in [-0.25, -0.2) is 9.37 Å². The quantitative estimate of drug-likeness (QED) is 0.915. The molecule has 98 valence electrons. The monoisotopic (exact) mass is 277 g/mol. The van der Waals surface area contributed by atoms with Crippen LogP contribution < -0.4 is 0 Å². The van der Waals surface area contributed by atoms with Crippen molar-refractivity contribution in [2.75, 3.05) is 0 Å². The average Bonchev–Trinajstić information content (AvgIpc) is 2.91. The number of nitrogens with zero attached hydrogens (tertiary/aromatic N) is 1. The van der Waals surface area contributed by atoms with Crippen LogP contribution in [0.4, 0.5) is 4.39 Å². The van der Waals surface area contributed by atoms with E-state index >= 15 is 0 Å². The summed E-state index contributed by atoms with van der Waals surface area (Å²) in [6, 6.07) is 4.86. The third kappa shape index (κ3) is 2.04. The SMILES string of the molecule is Cc1cc(-c2nc3c(s2)CCC3C(=O)O)ccc1F. The number of halogens is 1. The van der Waals surface area contributed by atoms with E-state index in [1.165, 1.54) is 17.4 Å². The van der Waals surface area contributed by atoms with Gasteiger partial charge in [-0.1, -0.05) is 0 Å². The minimum Gasteiger partial charge on any atom is -0.481 e. The van der Waals surface area contributed by atoms with E-state index in [2.05, 4.69) is 4.98 Å². The molecule has 1 atom stereocenters. The van der Waals surface area contributed by atoms with Gasteiger partial charge in [-0.15, -0.1) is 11.3 Å². The fourth-order valence-corrected chi connectivity index (χ4v) is 3.50. The first-order valence-electron chi connectivity index (χ1n) is 6.05. The van der Waals surface area contributed by atoms with Crippen LogP contribution >= 0.6 is 11.3 Å². The fourth-order valence-electron chi connectivity index (χ4n) is 2.37. The van der Waals surface area contributed by atoms with Gasteiger partial charge < -0.3 is 5.11 Å². The minimum atomic E-state index is -0.814. The normalized spacial score (nSPS) is 17.5. The van der Waals surface area contributed by atoms with Gasteiger partial charge in [-0.05, 0) is 43.5 Å². The van der Waals surface area contributed by atoms with E-state index in [4.69, 9.17) is 5.11 Å². The number of hydrogen-bond acceptors (Lipinski definition) is 3. The molecule has 0 amide bonds. The zero-order valence-corrected chi connectivity index (χ0v) is 11.1. The second-order valence-corrected chi connectivity index (χ2v) is 5.80. The summed E-state index contributed by atoms with van der Waals surface area (Å²) >= 11 is 1.51. The van der Waals surface area contributed by atoms with Crippen LogP contribution in [-0.4, -0.2) is 16.1 Å². The predicted octanol–water partition coefficient (Wildman–Crippen LogP) is 3.37. The Balaban J connectivity index is 2.02. The molecule has 0 radical (unpaired) electrons. The smallest absolute Gasteiger partial charge is 0.312 e. The molecule has 2 aromatic rings. The highest BCUT2D eigenvalue weighted by Gasteiger charge is 2.32. The van der Waals surface area contributed by atoms with Crippen molar-refractivity contribution in [1.29, 1.82) is 0 Å². The van der Waals surface area contributed by atoms with E-state index in [0.717, 1.165) is 21.9 Å². The lowest BCUT2D eigenvalue weighted by molar-refractivity contribution is -0.138. The molecule has 0 bridgehead atoms. The average molecular weight is 277 g/mol. The number of benzene rings is 1. The van der Waals surface area contributed by atoms with Gasteiger partial charge in [-0.2, -0.15) is 0 Å². The molecule has 1 unspecified atom stereocenters. The van der Waals surface area contributed by atoms with Crippen molar-refractivity contribution in [3.63, 3.8) is 0 Å². The van der Waals surface area contributed by atoms with Crippen LogP contribution in [0.1, 0.15) is 28.5 Å². The molecule has 5 heteroatoms. The lowest BCUT2D eigenvalue weighted by Crippen LogP contribution is -2.08. The van der Waals surface area contributed by atoms with Crippen molar-refractivity contribution in [3.8, 4) is 10.6 Å². The summed E-state index contributed by atoms with van der Waals surface area (Å²) in [6.45, 7) is 1.71. The highest BCUT2D eigenvalue weighted by atomic mass is 32.1. The van der Waals surface area contributed by atoms with E-state index in [0.29, 0.717) is 17.7 Å². The first kappa shape index (κ1) is 12.3. The minimum absolute atomic E-state index is 0.240. The van der Waals surface area contributed by atoms with E-state index in [-0.39, 0.29) is 5.82 Å². The number of carboxylic acids is 1.